The number of hydrogen-bond acceptors (Lipinski definition) is 3. The van der Waals surface area contributed by atoms with Gasteiger partial charge >= 0.3 is 0 Å². The molecule has 0 fully saturated rings. The van der Waals surface area contributed by atoms with Crippen LogP contribution in [0.2, 0.25) is 0 Å². The molecule has 3 rings (SSSR count). The van der Waals surface area contributed by atoms with Crippen molar-refractivity contribution in [3.63, 3.8) is 0 Å². The Morgan fingerprint density at radius 3 is 2.36 bits per heavy atom. The normalized spacial score (nSPS) is 10.2. The summed E-state index contributed by atoms with van der Waals surface area (Å²) in [5.41, 5.74) is 2.28. The summed E-state index contributed by atoms with van der Waals surface area (Å²) in [6.07, 6.45) is 0. The smallest absolute Gasteiger partial charge is 0.255 e. The van der Waals surface area contributed by atoms with Crippen LogP contribution in [0, 0.1) is 5.82 Å². The molecule has 0 aromatic heterocycles. The Hall–Kier alpha value is -3.34. The third kappa shape index (κ3) is 4.14. The quantitative estimate of drug-likeness (QED) is 0.701. The van der Waals surface area contributed by atoms with Crippen molar-refractivity contribution in [3.05, 3.63) is 84.2 Å². The van der Waals surface area contributed by atoms with Crippen LogP contribution in [0.3, 0.4) is 0 Å². The van der Waals surface area contributed by atoms with E-state index in [1.54, 1.807) is 73.8 Å². The van der Waals surface area contributed by atoms with Crippen LogP contribution in [0.25, 0.3) is 0 Å². The van der Waals surface area contributed by atoms with Crippen molar-refractivity contribution in [1.29, 1.82) is 0 Å². The standard InChI is InChI=1S/C20H17FN2O2/c1-25-17-6-4-5-14(13-17)20(24)23-16-11-9-15(10-12-16)22-19-8-3-2-7-18(19)21/h2-13,22H,1H3,(H,23,24). The number of benzene rings is 3. The van der Waals surface area contributed by atoms with Crippen LogP contribution in [-0.2, 0) is 0 Å². The van der Waals surface area contributed by atoms with Gasteiger partial charge in [-0.3, -0.25) is 4.79 Å². The summed E-state index contributed by atoms with van der Waals surface area (Å²) >= 11 is 0. The maximum Gasteiger partial charge on any atom is 0.255 e. The number of carbonyl (C=O) groups is 1. The molecule has 0 bridgehead atoms. The number of anilines is 3. The monoisotopic (exact) mass is 336 g/mol. The van der Waals surface area contributed by atoms with Crippen LogP contribution in [-0.4, -0.2) is 13.0 Å². The molecule has 0 saturated carbocycles. The lowest BCUT2D eigenvalue weighted by molar-refractivity contribution is 0.102. The molecular weight excluding hydrogens is 319 g/mol. The van der Waals surface area contributed by atoms with Gasteiger partial charge in [-0.05, 0) is 54.6 Å². The largest absolute Gasteiger partial charge is 0.497 e. The van der Waals surface area contributed by atoms with E-state index in [1.165, 1.54) is 6.07 Å². The van der Waals surface area contributed by atoms with Gasteiger partial charge in [0.05, 0.1) is 12.8 Å². The second kappa shape index (κ2) is 7.49. The summed E-state index contributed by atoms with van der Waals surface area (Å²) in [5, 5.41) is 5.81. The van der Waals surface area contributed by atoms with Crippen LogP contribution in [0.4, 0.5) is 21.5 Å². The molecule has 1 amide bonds. The van der Waals surface area contributed by atoms with Crippen molar-refractivity contribution in [2.75, 3.05) is 17.7 Å². The first-order valence-corrected chi connectivity index (χ1v) is 7.73. The highest BCUT2D eigenvalue weighted by Crippen LogP contribution is 2.21. The molecule has 0 aliphatic carbocycles. The number of hydrogen-bond donors (Lipinski definition) is 2. The van der Waals surface area contributed by atoms with Crippen LogP contribution in [0.1, 0.15) is 10.4 Å². The predicted octanol–water partition coefficient (Wildman–Crippen LogP) is 4.83. The molecule has 126 valence electrons. The van der Waals surface area contributed by atoms with Crippen molar-refractivity contribution < 1.29 is 13.9 Å². The van der Waals surface area contributed by atoms with Gasteiger partial charge in [0.25, 0.3) is 5.91 Å². The summed E-state index contributed by atoms with van der Waals surface area (Å²) in [6, 6.07) is 20.4. The molecule has 3 aromatic rings. The van der Waals surface area contributed by atoms with Crippen molar-refractivity contribution in [2.45, 2.75) is 0 Å². The van der Waals surface area contributed by atoms with Crippen LogP contribution >= 0.6 is 0 Å². The minimum Gasteiger partial charge on any atom is -0.497 e. The highest BCUT2D eigenvalue weighted by atomic mass is 19.1. The lowest BCUT2D eigenvalue weighted by Gasteiger charge is -2.10. The van der Waals surface area contributed by atoms with E-state index >= 15 is 0 Å². The van der Waals surface area contributed by atoms with E-state index in [0.29, 0.717) is 22.7 Å². The van der Waals surface area contributed by atoms with Gasteiger partial charge < -0.3 is 15.4 Å². The zero-order chi connectivity index (χ0) is 17.6. The van der Waals surface area contributed by atoms with E-state index in [9.17, 15) is 9.18 Å². The fourth-order valence-corrected chi connectivity index (χ4v) is 2.32. The average molecular weight is 336 g/mol. The van der Waals surface area contributed by atoms with Crippen LogP contribution < -0.4 is 15.4 Å². The van der Waals surface area contributed by atoms with Gasteiger partial charge in [-0.15, -0.1) is 0 Å². The third-order valence-corrected chi connectivity index (χ3v) is 3.63. The maximum absolute atomic E-state index is 13.6. The molecule has 0 heterocycles. The van der Waals surface area contributed by atoms with Gasteiger partial charge in [-0.25, -0.2) is 4.39 Å². The molecule has 5 heteroatoms. The zero-order valence-corrected chi connectivity index (χ0v) is 13.6. The molecule has 0 aliphatic rings. The minimum absolute atomic E-state index is 0.228. The van der Waals surface area contributed by atoms with Crippen molar-refractivity contribution in [3.8, 4) is 5.75 Å². The number of carbonyl (C=O) groups excluding carboxylic acids is 1. The SMILES string of the molecule is COc1cccc(C(=O)Nc2ccc(Nc3ccccc3F)cc2)c1. The number of rotatable bonds is 5. The van der Waals surface area contributed by atoms with Gasteiger partial charge in [0.15, 0.2) is 0 Å². The predicted molar refractivity (Wildman–Crippen MR) is 97.1 cm³/mol. The van der Waals surface area contributed by atoms with E-state index in [2.05, 4.69) is 10.6 Å². The molecule has 25 heavy (non-hydrogen) atoms. The number of para-hydroxylation sites is 1. The molecule has 0 spiro atoms. The first-order chi connectivity index (χ1) is 12.2. The molecule has 0 radical (unpaired) electrons. The van der Waals surface area contributed by atoms with E-state index in [1.807, 2.05) is 0 Å². The van der Waals surface area contributed by atoms with Crippen LogP contribution in [0.5, 0.6) is 5.75 Å². The number of halogens is 1. The number of ether oxygens (including phenoxy) is 1. The Bertz CT molecular complexity index is 879. The lowest BCUT2D eigenvalue weighted by atomic mass is 10.2. The fourth-order valence-electron chi connectivity index (χ4n) is 2.32. The van der Waals surface area contributed by atoms with E-state index in [0.717, 1.165) is 5.69 Å². The minimum atomic E-state index is -0.321. The summed E-state index contributed by atoms with van der Waals surface area (Å²) in [7, 11) is 1.55. The topological polar surface area (TPSA) is 50.4 Å². The molecular formula is C20H17FN2O2. The summed E-state index contributed by atoms with van der Waals surface area (Å²) in [6.45, 7) is 0. The second-order valence-electron chi connectivity index (χ2n) is 5.37. The Morgan fingerprint density at radius 2 is 1.64 bits per heavy atom. The first kappa shape index (κ1) is 16.5. The van der Waals surface area contributed by atoms with Gasteiger partial charge in [-0.1, -0.05) is 18.2 Å². The summed E-state index contributed by atoms with van der Waals surface area (Å²) < 4.78 is 18.8. The Labute approximate surface area is 145 Å². The molecule has 4 nitrogen and oxygen atoms in total. The van der Waals surface area contributed by atoms with Crippen molar-refractivity contribution >= 4 is 23.0 Å². The van der Waals surface area contributed by atoms with Gasteiger partial charge in [0, 0.05) is 16.9 Å². The third-order valence-electron chi connectivity index (χ3n) is 3.63. The van der Waals surface area contributed by atoms with Crippen molar-refractivity contribution in [2.24, 2.45) is 0 Å². The molecule has 0 aliphatic heterocycles. The highest BCUT2D eigenvalue weighted by Gasteiger charge is 2.07. The van der Waals surface area contributed by atoms with E-state index in [-0.39, 0.29) is 11.7 Å². The number of amides is 1. The molecule has 0 saturated heterocycles. The molecule has 0 unspecified atom stereocenters. The fraction of sp³-hybridized carbons (Fsp3) is 0.0500. The first-order valence-electron chi connectivity index (χ1n) is 7.73. The van der Waals surface area contributed by atoms with Gasteiger partial charge in [0.2, 0.25) is 0 Å². The summed E-state index contributed by atoms with van der Waals surface area (Å²) in [4.78, 5) is 12.3. The van der Waals surface area contributed by atoms with E-state index < -0.39 is 0 Å². The number of nitrogens with one attached hydrogen (secondary N) is 2. The van der Waals surface area contributed by atoms with E-state index in [4.69, 9.17) is 4.74 Å². The lowest BCUT2D eigenvalue weighted by Crippen LogP contribution is -2.11. The second-order valence-corrected chi connectivity index (χ2v) is 5.37. The Morgan fingerprint density at radius 1 is 0.920 bits per heavy atom. The molecule has 0 atom stereocenters. The zero-order valence-electron chi connectivity index (χ0n) is 13.6. The highest BCUT2D eigenvalue weighted by molar-refractivity contribution is 6.04. The Balaban J connectivity index is 1.68. The maximum atomic E-state index is 13.6. The molecule has 3 aromatic carbocycles. The van der Waals surface area contributed by atoms with Crippen LogP contribution in [0.15, 0.2) is 72.8 Å². The molecule has 2 N–H and O–H groups in total. The average Bonchev–Trinajstić information content (AvgIpc) is 2.65. The number of methoxy groups -OCH3 is 1. The Kier molecular flexibility index (Phi) is 4.95. The van der Waals surface area contributed by atoms with Gasteiger partial charge in [-0.2, -0.15) is 0 Å². The van der Waals surface area contributed by atoms with Crippen molar-refractivity contribution in [1.82, 2.24) is 0 Å². The summed E-state index contributed by atoms with van der Waals surface area (Å²) in [5.74, 6) is 0.0729. The van der Waals surface area contributed by atoms with Gasteiger partial charge in [0.1, 0.15) is 11.6 Å².